The summed E-state index contributed by atoms with van der Waals surface area (Å²) in [5.41, 5.74) is 3.28. The Labute approximate surface area is 201 Å². The first-order valence-electron chi connectivity index (χ1n) is 12.1. The molecule has 180 valence electrons. The van der Waals surface area contributed by atoms with Crippen molar-refractivity contribution in [3.8, 4) is 11.5 Å². The van der Waals surface area contributed by atoms with Gasteiger partial charge in [0, 0.05) is 37.8 Å². The maximum atomic E-state index is 13.2. The van der Waals surface area contributed by atoms with Gasteiger partial charge in [0.2, 0.25) is 5.91 Å². The second kappa shape index (κ2) is 10.7. The highest BCUT2D eigenvalue weighted by atomic mass is 16.5. The van der Waals surface area contributed by atoms with Crippen LogP contribution in [-0.2, 0) is 11.2 Å². The quantitative estimate of drug-likeness (QED) is 0.658. The van der Waals surface area contributed by atoms with Crippen molar-refractivity contribution < 1.29 is 19.4 Å². The highest BCUT2D eigenvalue weighted by Gasteiger charge is 2.29. The monoisotopic (exact) mass is 463 g/mol. The Morgan fingerprint density at radius 2 is 1.88 bits per heavy atom. The number of pyridine rings is 1. The molecule has 1 aromatic heterocycles. The third kappa shape index (κ3) is 5.41. The van der Waals surface area contributed by atoms with Crippen molar-refractivity contribution in [2.24, 2.45) is 0 Å². The summed E-state index contributed by atoms with van der Waals surface area (Å²) in [4.78, 5) is 34.7. The number of likely N-dealkylation sites (tertiary alicyclic amines) is 1. The number of phenolic OH excluding ortho intramolecular Hbond substituents is 1. The first-order chi connectivity index (χ1) is 16.5. The van der Waals surface area contributed by atoms with E-state index in [4.69, 9.17) is 9.72 Å². The Bertz CT molecular complexity index is 1070. The molecule has 1 N–H and O–H groups in total. The van der Waals surface area contributed by atoms with Gasteiger partial charge in [-0.25, -0.2) is 0 Å². The maximum absolute atomic E-state index is 13.2. The Balaban J connectivity index is 1.41. The molecule has 7 nitrogen and oxygen atoms in total. The van der Waals surface area contributed by atoms with E-state index in [2.05, 4.69) is 6.08 Å². The molecular weight excluding hydrogens is 430 g/mol. The number of carbonyl (C=O) groups is 2. The summed E-state index contributed by atoms with van der Waals surface area (Å²) in [7, 11) is 0. The van der Waals surface area contributed by atoms with Crippen LogP contribution in [0, 0.1) is 6.92 Å². The average Bonchev–Trinajstić information content (AvgIpc) is 2.86. The van der Waals surface area contributed by atoms with E-state index in [0.717, 1.165) is 42.8 Å². The highest BCUT2D eigenvalue weighted by molar-refractivity contribution is 5.95. The number of hydrogen-bond acceptors (Lipinski definition) is 5. The number of piperidine rings is 1. The molecule has 7 heteroatoms. The van der Waals surface area contributed by atoms with Gasteiger partial charge in [-0.3, -0.25) is 14.6 Å². The van der Waals surface area contributed by atoms with Crippen LogP contribution in [0.1, 0.15) is 59.4 Å². The molecule has 2 aromatic rings. The van der Waals surface area contributed by atoms with Gasteiger partial charge >= 0.3 is 0 Å². The lowest BCUT2D eigenvalue weighted by Gasteiger charge is -2.33. The molecule has 4 rings (SSSR count). The number of ether oxygens (including phenoxy) is 1. The number of aromatic nitrogens is 1. The van der Waals surface area contributed by atoms with E-state index in [9.17, 15) is 14.7 Å². The number of aryl methyl sites for hydroxylation is 1. The topological polar surface area (TPSA) is 83.0 Å². The molecule has 0 radical (unpaired) electrons. The minimum atomic E-state index is 0.0442. The van der Waals surface area contributed by atoms with Crippen molar-refractivity contribution in [2.45, 2.75) is 45.4 Å². The van der Waals surface area contributed by atoms with E-state index in [-0.39, 0.29) is 29.9 Å². The Hall–Kier alpha value is -3.35. The fourth-order valence-electron chi connectivity index (χ4n) is 4.69. The summed E-state index contributed by atoms with van der Waals surface area (Å²) >= 11 is 0. The second-order valence-electron chi connectivity index (χ2n) is 8.96. The minimum absolute atomic E-state index is 0.0442. The third-order valence-electron chi connectivity index (χ3n) is 6.55. The molecule has 2 aliphatic heterocycles. The molecule has 0 bridgehead atoms. The van der Waals surface area contributed by atoms with Gasteiger partial charge in [0.1, 0.15) is 0 Å². The van der Waals surface area contributed by atoms with Gasteiger partial charge in [0.25, 0.3) is 5.91 Å². The number of aromatic hydroxyl groups is 1. The standard InChI is InChI=1S/C27H33N3O4/c1-3-34-24-17-20(8-10-23(24)31)18-25(32)29-15-11-21(12-16-29)26-22(9-7-19(2)28-26)27(33)30-13-5-4-6-14-30/h4-5,7-10,17,21,31H,3,6,11-16,18H2,1-2H3. The maximum Gasteiger partial charge on any atom is 0.256 e. The van der Waals surface area contributed by atoms with Crippen LogP contribution < -0.4 is 4.74 Å². The van der Waals surface area contributed by atoms with E-state index in [1.54, 1.807) is 18.2 Å². The van der Waals surface area contributed by atoms with Gasteiger partial charge in [0.05, 0.1) is 24.3 Å². The van der Waals surface area contributed by atoms with Crippen LogP contribution in [0.25, 0.3) is 0 Å². The fourth-order valence-corrected chi connectivity index (χ4v) is 4.69. The van der Waals surface area contributed by atoms with E-state index in [1.165, 1.54) is 0 Å². The Morgan fingerprint density at radius 3 is 2.59 bits per heavy atom. The molecule has 34 heavy (non-hydrogen) atoms. The van der Waals surface area contributed by atoms with Gasteiger partial charge in [-0.05, 0) is 62.9 Å². The van der Waals surface area contributed by atoms with E-state index < -0.39 is 0 Å². The van der Waals surface area contributed by atoms with Gasteiger partial charge in [-0.15, -0.1) is 0 Å². The summed E-state index contributed by atoms with van der Waals surface area (Å²) in [5.74, 6) is 0.735. The van der Waals surface area contributed by atoms with Gasteiger partial charge in [-0.1, -0.05) is 18.2 Å². The molecule has 0 atom stereocenters. The van der Waals surface area contributed by atoms with Crippen LogP contribution in [0.3, 0.4) is 0 Å². The summed E-state index contributed by atoms with van der Waals surface area (Å²) in [5, 5.41) is 9.89. The lowest BCUT2D eigenvalue weighted by atomic mass is 9.89. The molecule has 2 aliphatic rings. The summed E-state index contributed by atoms with van der Waals surface area (Å²) in [6, 6.07) is 8.88. The third-order valence-corrected chi connectivity index (χ3v) is 6.55. The van der Waals surface area contributed by atoms with Crippen molar-refractivity contribution in [1.82, 2.24) is 14.8 Å². The lowest BCUT2D eigenvalue weighted by molar-refractivity contribution is -0.131. The zero-order valence-electron chi connectivity index (χ0n) is 20.0. The number of hydrogen-bond donors (Lipinski definition) is 1. The molecule has 0 aliphatic carbocycles. The van der Waals surface area contributed by atoms with Gasteiger partial charge in [-0.2, -0.15) is 0 Å². The van der Waals surface area contributed by atoms with Crippen LogP contribution in [0.15, 0.2) is 42.5 Å². The van der Waals surface area contributed by atoms with Gasteiger partial charge in [0.15, 0.2) is 11.5 Å². The minimum Gasteiger partial charge on any atom is -0.504 e. The van der Waals surface area contributed by atoms with Crippen LogP contribution in [-0.4, -0.2) is 64.5 Å². The van der Waals surface area contributed by atoms with Crippen molar-refractivity contribution in [2.75, 3.05) is 32.8 Å². The van der Waals surface area contributed by atoms with E-state index >= 15 is 0 Å². The predicted molar refractivity (Wildman–Crippen MR) is 130 cm³/mol. The summed E-state index contributed by atoms with van der Waals surface area (Å²) in [6.07, 6.45) is 6.86. The molecular formula is C27H33N3O4. The SMILES string of the molecule is CCOc1cc(CC(=O)N2CCC(c3nc(C)ccc3C(=O)N3CC=CCC3)CC2)ccc1O. The molecule has 1 saturated heterocycles. The average molecular weight is 464 g/mol. The zero-order valence-corrected chi connectivity index (χ0v) is 20.0. The van der Waals surface area contributed by atoms with Crippen LogP contribution in [0.5, 0.6) is 11.5 Å². The van der Waals surface area contributed by atoms with Crippen molar-refractivity contribution >= 4 is 11.8 Å². The number of phenols is 1. The van der Waals surface area contributed by atoms with E-state index in [0.29, 0.717) is 37.6 Å². The highest BCUT2D eigenvalue weighted by Crippen LogP contribution is 2.31. The lowest BCUT2D eigenvalue weighted by Crippen LogP contribution is -2.39. The van der Waals surface area contributed by atoms with Crippen LogP contribution in [0.4, 0.5) is 0 Å². The number of rotatable bonds is 6. The van der Waals surface area contributed by atoms with E-state index in [1.807, 2.05) is 41.9 Å². The summed E-state index contributed by atoms with van der Waals surface area (Å²) in [6.45, 7) is 6.90. The summed E-state index contributed by atoms with van der Waals surface area (Å²) < 4.78 is 5.43. The number of nitrogens with zero attached hydrogens (tertiary/aromatic N) is 3. The van der Waals surface area contributed by atoms with Crippen LogP contribution in [0.2, 0.25) is 0 Å². The van der Waals surface area contributed by atoms with Crippen LogP contribution >= 0.6 is 0 Å². The molecule has 0 saturated carbocycles. The Kier molecular flexibility index (Phi) is 7.50. The first-order valence-corrected chi connectivity index (χ1v) is 12.1. The second-order valence-corrected chi connectivity index (χ2v) is 8.96. The fraction of sp³-hybridized carbons (Fsp3) is 0.444. The Morgan fingerprint density at radius 1 is 1.09 bits per heavy atom. The first kappa shape index (κ1) is 23.8. The molecule has 0 spiro atoms. The molecule has 0 unspecified atom stereocenters. The predicted octanol–water partition coefficient (Wildman–Crippen LogP) is 3.85. The van der Waals surface area contributed by atoms with Crippen molar-refractivity contribution in [3.05, 3.63) is 65.0 Å². The number of carbonyl (C=O) groups excluding carboxylic acids is 2. The molecule has 1 aromatic carbocycles. The zero-order chi connectivity index (χ0) is 24.1. The normalized spacial score (nSPS) is 16.5. The molecule has 1 fully saturated rings. The van der Waals surface area contributed by atoms with Gasteiger partial charge < -0.3 is 19.6 Å². The molecule has 3 heterocycles. The van der Waals surface area contributed by atoms with Crippen molar-refractivity contribution in [3.63, 3.8) is 0 Å². The molecule has 2 amide bonds. The number of benzene rings is 1. The largest absolute Gasteiger partial charge is 0.504 e. The smallest absolute Gasteiger partial charge is 0.256 e. The van der Waals surface area contributed by atoms with Crippen molar-refractivity contribution in [1.29, 1.82) is 0 Å². The number of amides is 2.